The molecule has 0 aliphatic carbocycles. The summed E-state index contributed by atoms with van der Waals surface area (Å²) in [5.41, 5.74) is 0. The third-order valence-electron chi connectivity index (χ3n) is 2.55. The number of amides is 1. The molecule has 2 N–H and O–H groups in total. The Bertz CT molecular complexity index is 274. The van der Waals surface area contributed by atoms with Gasteiger partial charge in [0.15, 0.2) is 0 Å². The average Bonchev–Trinajstić information content (AvgIpc) is 2.44. The van der Waals surface area contributed by atoms with Crippen LogP contribution in [-0.2, 0) is 9.53 Å². The number of nitrogens with one attached hydrogen (secondary N) is 2. The predicted molar refractivity (Wildman–Crippen MR) is 95.7 cm³/mol. The Kier molecular flexibility index (Phi) is 16.1. The van der Waals surface area contributed by atoms with Crippen molar-refractivity contribution in [3.05, 3.63) is 12.2 Å². The minimum absolute atomic E-state index is 0.121. The van der Waals surface area contributed by atoms with Crippen molar-refractivity contribution in [3.63, 3.8) is 0 Å². The maximum atomic E-state index is 11.4. The first-order chi connectivity index (χ1) is 10.2. The lowest BCUT2D eigenvalue weighted by Crippen LogP contribution is -2.24. The van der Waals surface area contributed by atoms with Crippen LogP contribution in [0.15, 0.2) is 12.2 Å². The molecule has 1 amide bonds. The molecule has 21 heavy (non-hydrogen) atoms. The van der Waals surface area contributed by atoms with Gasteiger partial charge in [-0.25, -0.2) is 0 Å². The minimum atomic E-state index is 0.121. The second-order valence-corrected chi connectivity index (χ2v) is 7.43. The monoisotopic (exact) mass is 334 g/mol. The summed E-state index contributed by atoms with van der Waals surface area (Å²) < 4.78 is 5.52. The van der Waals surface area contributed by atoms with Gasteiger partial charge in [0.05, 0.1) is 0 Å². The van der Waals surface area contributed by atoms with E-state index in [1.807, 2.05) is 29.9 Å². The first kappa shape index (κ1) is 20.8. The standard InChI is InChI=1S/C15H30N2O2S2/c1-4-5-9-17-15(18)8-6-7-11-19-13-21-20-12-10-16-14(2)3/h4-5,14,16H,6-13H2,1-3H3,(H,17,18)/b5-4+. The highest BCUT2D eigenvalue weighted by molar-refractivity contribution is 8.76. The van der Waals surface area contributed by atoms with Crippen molar-refractivity contribution in [1.29, 1.82) is 0 Å². The van der Waals surface area contributed by atoms with Gasteiger partial charge in [0.25, 0.3) is 0 Å². The number of allylic oxidation sites excluding steroid dienone is 1. The zero-order valence-corrected chi connectivity index (χ0v) is 15.2. The quantitative estimate of drug-likeness (QED) is 0.221. The molecule has 0 heterocycles. The van der Waals surface area contributed by atoms with Crippen LogP contribution in [-0.4, -0.2) is 43.3 Å². The van der Waals surface area contributed by atoms with Crippen LogP contribution in [0.1, 0.15) is 40.0 Å². The SMILES string of the molecule is C/C=C/CNC(=O)CCCCOCSSCCNC(C)C. The van der Waals surface area contributed by atoms with Crippen molar-refractivity contribution in [1.82, 2.24) is 10.6 Å². The highest BCUT2D eigenvalue weighted by Gasteiger charge is 1.99. The molecule has 0 rings (SSSR count). The molecule has 0 aromatic carbocycles. The molecule has 6 heteroatoms. The number of rotatable bonds is 14. The molecule has 124 valence electrons. The average molecular weight is 335 g/mol. The Hall–Kier alpha value is -0.170. The topological polar surface area (TPSA) is 50.4 Å². The number of hydrogen-bond donors (Lipinski definition) is 2. The Morgan fingerprint density at radius 2 is 2.10 bits per heavy atom. The van der Waals surface area contributed by atoms with Gasteiger partial charge in [0.2, 0.25) is 5.91 Å². The Labute approximate surface area is 137 Å². The van der Waals surface area contributed by atoms with Gasteiger partial charge in [-0.3, -0.25) is 4.79 Å². The third kappa shape index (κ3) is 17.8. The molecule has 0 unspecified atom stereocenters. The van der Waals surface area contributed by atoms with Crippen LogP contribution in [0.5, 0.6) is 0 Å². The number of ether oxygens (including phenoxy) is 1. The van der Waals surface area contributed by atoms with E-state index in [2.05, 4.69) is 24.5 Å². The maximum absolute atomic E-state index is 11.4. The molecule has 0 atom stereocenters. The van der Waals surface area contributed by atoms with E-state index in [9.17, 15) is 4.79 Å². The molecular formula is C15H30N2O2S2. The third-order valence-corrected chi connectivity index (χ3v) is 4.64. The largest absolute Gasteiger partial charge is 0.370 e. The van der Waals surface area contributed by atoms with Gasteiger partial charge in [0.1, 0.15) is 5.94 Å². The van der Waals surface area contributed by atoms with Gasteiger partial charge >= 0.3 is 0 Å². The van der Waals surface area contributed by atoms with E-state index in [0.717, 1.165) is 37.7 Å². The van der Waals surface area contributed by atoms with Crippen molar-refractivity contribution >= 4 is 27.5 Å². The lowest BCUT2D eigenvalue weighted by molar-refractivity contribution is -0.121. The van der Waals surface area contributed by atoms with Crippen molar-refractivity contribution in [2.24, 2.45) is 0 Å². The molecule has 0 saturated heterocycles. The summed E-state index contributed by atoms with van der Waals surface area (Å²) in [6.07, 6.45) is 6.29. The summed E-state index contributed by atoms with van der Waals surface area (Å²) in [5, 5.41) is 6.22. The van der Waals surface area contributed by atoms with Crippen molar-refractivity contribution in [2.45, 2.75) is 46.1 Å². The van der Waals surface area contributed by atoms with Crippen LogP contribution in [0, 0.1) is 0 Å². The van der Waals surface area contributed by atoms with E-state index >= 15 is 0 Å². The molecule has 0 radical (unpaired) electrons. The van der Waals surface area contributed by atoms with Gasteiger partial charge in [-0.05, 0) is 19.8 Å². The fourth-order valence-corrected chi connectivity index (χ4v) is 3.03. The Morgan fingerprint density at radius 1 is 1.29 bits per heavy atom. The Morgan fingerprint density at radius 3 is 2.81 bits per heavy atom. The number of carbonyl (C=O) groups is 1. The van der Waals surface area contributed by atoms with Crippen LogP contribution in [0.25, 0.3) is 0 Å². The van der Waals surface area contributed by atoms with Crippen LogP contribution in [0.2, 0.25) is 0 Å². The van der Waals surface area contributed by atoms with Gasteiger partial charge in [-0.2, -0.15) is 0 Å². The van der Waals surface area contributed by atoms with E-state index in [-0.39, 0.29) is 5.91 Å². The van der Waals surface area contributed by atoms with Crippen LogP contribution >= 0.6 is 21.6 Å². The number of hydrogen-bond acceptors (Lipinski definition) is 5. The van der Waals surface area contributed by atoms with E-state index in [1.165, 1.54) is 0 Å². The Balaban J connectivity index is 3.13. The molecule has 4 nitrogen and oxygen atoms in total. The highest BCUT2D eigenvalue weighted by atomic mass is 33.1. The first-order valence-electron chi connectivity index (χ1n) is 7.60. The smallest absolute Gasteiger partial charge is 0.220 e. The predicted octanol–water partition coefficient (Wildman–Crippen LogP) is 3.20. The molecule has 0 aliphatic rings. The van der Waals surface area contributed by atoms with E-state index in [1.54, 1.807) is 10.8 Å². The lowest BCUT2D eigenvalue weighted by atomic mass is 10.2. The van der Waals surface area contributed by atoms with E-state index < -0.39 is 0 Å². The number of carbonyl (C=O) groups excluding carboxylic acids is 1. The molecular weight excluding hydrogens is 304 g/mol. The molecule has 0 aromatic rings. The molecule has 0 fully saturated rings. The van der Waals surface area contributed by atoms with Crippen LogP contribution in [0.4, 0.5) is 0 Å². The number of unbranched alkanes of at least 4 members (excludes halogenated alkanes) is 1. The van der Waals surface area contributed by atoms with E-state index in [0.29, 0.717) is 19.0 Å². The van der Waals surface area contributed by atoms with Gasteiger partial charge in [0, 0.05) is 37.9 Å². The van der Waals surface area contributed by atoms with Gasteiger partial charge in [-0.1, -0.05) is 47.6 Å². The second kappa shape index (κ2) is 16.2. The molecule has 0 aromatic heterocycles. The molecule has 0 bridgehead atoms. The summed E-state index contributed by atoms with van der Waals surface area (Å²) in [6.45, 7) is 8.66. The first-order valence-corrected chi connectivity index (χ1v) is 10.1. The normalized spacial score (nSPS) is 11.4. The van der Waals surface area contributed by atoms with Gasteiger partial charge < -0.3 is 15.4 Å². The van der Waals surface area contributed by atoms with Gasteiger partial charge in [-0.15, -0.1) is 0 Å². The van der Waals surface area contributed by atoms with Crippen molar-refractivity contribution in [3.8, 4) is 0 Å². The zero-order chi connectivity index (χ0) is 15.8. The highest BCUT2D eigenvalue weighted by Crippen LogP contribution is 2.20. The summed E-state index contributed by atoms with van der Waals surface area (Å²) in [7, 11) is 3.58. The summed E-state index contributed by atoms with van der Waals surface area (Å²) in [6, 6.07) is 0.557. The van der Waals surface area contributed by atoms with Crippen molar-refractivity contribution < 1.29 is 9.53 Å². The summed E-state index contributed by atoms with van der Waals surface area (Å²) in [5.74, 6) is 1.94. The van der Waals surface area contributed by atoms with E-state index in [4.69, 9.17) is 4.74 Å². The summed E-state index contributed by atoms with van der Waals surface area (Å²) in [4.78, 5) is 11.4. The fourth-order valence-electron chi connectivity index (χ4n) is 1.44. The van der Waals surface area contributed by atoms with Crippen LogP contribution in [0.3, 0.4) is 0 Å². The second-order valence-electron chi connectivity index (χ2n) is 4.90. The molecule has 0 aliphatic heterocycles. The summed E-state index contributed by atoms with van der Waals surface area (Å²) >= 11 is 0. The fraction of sp³-hybridized carbons (Fsp3) is 0.800. The molecule has 0 saturated carbocycles. The minimum Gasteiger partial charge on any atom is -0.370 e. The lowest BCUT2D eigenvalue weighted by Gasteiger charge is -2.07. The van der Waals surface area contributed by atoms with Crippen LogP contribution < -0.4 is 10.6 Å². The van der Waals surface area contributed by atoms with Crippen molar-refractivity contribution in [2.75, 3.05) is 31.4 Å². The zero-order valence-electron chi connectivity index (χ0n) is 13.5. The maximum Gasteiger partial charge on any atom is 0.220 e. The molecule has 0 spiro atoms.